The molecule has 0 atom stereocenters. The maximum absolute atomic E-state index is 5.75. The van der Waals surface area contributed by atoms with Crippen LogP contribution in [0.3, 0.4) is 0 Å². The molecule has 0 aromatic heterocycles. The fourth-order valence-electron chi connectivity index (χ4n) is 2.00. The van der Waals surface area contributed by atoms with Crippen LogP contribution in [0.5, 0.6) is 5.75 Å². The van der Waals surface area contributed by atoms with E-state index in [0.29, 0.717) is 0 Å². The molecule has 0 bridgehead atoms. The predicted octanol–water partition coefficient (Wildman–Crippen LogP) is 1.45. The van der Waals surface area contributed by atoms with Crippen molar-refractivity contribution < 1.29 is 4.74 Å². The summed E-state index contributed by atoms with van der Waals surface area (Å²) < 4.78 is 5.37. The number of nitrogens with zero attached hydrogens (tertiary/aromatic N) is 2. The minimum absolute atomic E-state index is 0. The highest BCUT2D eigenvalue weighted by Gasteiger charge is 2.17. The molecule has 1 heterocycles. The molecule has 2 rings (SSSR count). The molecular weight excluding hydrogens is 238 g/mol. The number of likely N-dealkylation sites (N-methyl/N-ethyl adjacent to an activating group) is 1. The Balaban J connectivity index is 0.00000144. The van der Waals surface area contributed by atoms with Gasteiger partial charge in [0, 0.05) is 37.9 Å². The topological polar surface area (TPSA) is 41.7 Å². The summed E-state index contributed by atoms with van der Waals surface area (Å²) in [5.41, 5.74) is 7.64. The highest BCUT2D eigenvalue weighted by atomic mass is 35.5. The number of rotatable bonds is 2. The van der Waals surface area contributed by atoms with Gasteiger partial charge in [0.25, 0.3) is 0 Å². The van der Waals surface area contributed by atoms with Crippen molar-refractivity contribution in [3.63, 3.8) is 0 Å². The lowest BCUT2D eigenvalue weighted by molar-refractivity contribution is 0.311. The number of halogens is 1. The van der Waals surface area contributed by atoms with E-state index in [1.54, 1.807) is 7.11 Å². The fraction of sp³-hybridized carbons (Fsp3) is 0.500. The van der Waals surface area contributed by atoms with Crippen LogP contribution >= 0.6 is 12.4 Å². The average Bonchev–Trinajstić information content (AvgIpc) is 2.30. The first kappa shape index (κ1) is 13.9. The van der Waals surface area contributed by atoms with Crippen molar-refractivity contribution in [2.45, 2.75) is 0 Å². The van der Waals surface area contributed by atoms with E-state index >= 15 is 0 Å². The number of benzene rings is 1. The SMILES string of the molecule is COc1cc(N)ccc1N1CCN(C)CC1.Cl. The molecule has 1 saturated heterocycles. The Morgan fingerprint density at radius 2 is 1.82 bits per heavy atom. The van der Waals surface area contributed by atoms with Crippen LogP contribution in [0.15, 0.2) is 18.2 Å². The molecule has 0 unspecified atom stereocenters. The standard InChI is InChI=1S/C12H19N3O.ClH/c1-14-5-7-15(8-6-14)11-4-3-10(13)9-12(11)16-2;/h3-4,9H,5-8,13H2,1-2H3;1H. The van der Waals surface area contributed by atoms with E-state index in [4.69, 9.17) is 10.5 Å². The van der Waals surface area contributed by atoms with Crippen LogP contribution in [0.2, 0.25) is 0 Å². The molecule has 0 saturated carbocycles. The van der Waals surface area contributed by atoms with Crippen molar-refractivity contribution in [1.29, 1.82) is 0 Å². The number of anilines is 2. The lowest BCUT2D eigenvalue weighted by atomic mass is 10.2. The number of piperazine rings is 1. The Kier molecular flexibility index (Phi) is 4.90. The largest absolute Gasteiger partial charge is 0.495 e. The maximum Gasteiger partial charge on any atom is 0.144 e. The minimum atomic E-state index is 0. The zero-order valence-electron chi connectivity index (χ0n) is 10.3. The molecule has 1 aromatic carbocycles. The summed E-state index contributed by atoms with van der Waals surface area (Å²) in [6.07, 6.45) is 0. The zero-order chi connectivity index (χ0) is 11.5. The van der Waals surface area contributed by atoms with Gasteiger partial charge in [-0.1, -0.05) is 0 Å². The summed E-state index contributed by atoms with van der Waals surface area (Å²) >= 11 is 0. The van der Waals surface area contributed by atoms with E-state index in [2.05, 4.69) is 16.8 Å². The normalized spacial score (nSPS) is 16.5. The van der Waals surface area contributed by atoms with E-state index in [9.17, 15) is 0 Å². The lowest BCUT2D eigenvalue weighted by Gasteiger charge is -2.34. The summed E-state index contributed by atoms with van der Waals surface area (Å²) in [6.45, 7) is 4.26. The second-order valence-electron chi connectivity index (χ2n) is 4.22. The molecule has 0 radical (unpaired) electrons. The van der Waals surface area contributed by atoms with Gasteiger partial charge in [-0.15, -0.1) is 12.4 Å². The summed E-state index contributed by atoms with van der Waals surface area (Å²) in [4.78, 5) is 4.68. The summed E-state index contributed by atoms with van der Waals surface area (Å²) in [5.74, 6) is 0.865. The highest BCUT2D eigenvalue weighted by molar-refractivity contribution is 5.85. The fourth-order valence-corrected chi connectivity index (χ4v) is 2.00. The van der Waals surface area contributed by atoms with Gasteiger partial charge >= 0.3 is 0 Å². The molecule has 1 fully saturated rings. The van der Waals surface area contributed by atoms with Gasteiger partial charge in [0.2, 0.25) is 0 Å². The van der Waals surface area contributed by atoms with E-state index < -0.39 is 0 Å². The van der Waals surface area contributed by atoms with Gasteiger partial charge < -0.3 is 20.3 Å². The van der Waals surface area contributed by atoms with E-state index in [1.807, 2.05) is 18.2 Å². The molecule has 0 aliphatic carbocycles. The van der Waals surface area contributed by atoms with Gasteiger partial charge in [0.05, 0.1) is 12.8 Å². The first-order valence-electron chi connectivity index (χ1n) is 5.57. The maximum atomic E-state index is 5.75. The van der Waals surface area contributed by atoms with Gasteiger partial charge in [-0.25, -0.2) is 0 Å². The minimum Gasteiger partial charge on any atom is -0.495 e. The Bertz CT molecular complexity index is 365. The molecule has 96 valence electrons. The van der Waals surface area contributed by atoms with Crippen molar-refractivity contribution in [1.82, 2.24) is 4.90 Å². The first-order valence-corrected chi connectivity index (χ1v) is 5.57. The van der Waals surface area contributed by atoms with Crippen LogP contribution in [0.25, 0.3) is 0 Å². The van der Waals surface area contributed by atoms with Crippen molar-refractivity contribution >= 4 is 23.8 Å². The van der Waals surface area contributed by atoms with Crippen LogP contribution in [0.1, 0.15) is 0 Å². The Labute approximate surface area is 109 Å². The van der Waals surface area contributed by atoms with Crippen molar-refractivity contribution in [2.75, 3.05) is 51.0 Å². The van der Waals surface area contributed by atoms with Crippen molar-refractivity contribution in [3.05, 3.63) is 18.2 Å². The molecule has 5 heteroatoms. The monoisotopic (exact) mass is 257 g/mol. The molecular formula is C12H20ClN3O. The summed E-state index contributed by atoms with van der Waals surface area (Å²) in [7, 11) is 3.84. The van der Waals surface area contributed by atoms with Crippen LogP contribution < -0.4 is 15.4 Å². The number of ether oxygens (including phenoxy) is 1. The smallest absolute Gasteiger partial charge is 0.144 e. The average molecular weight is 258 g/mol. The number of hydrogen-bond donors (Lipinski definition) is 1. The van der Waals surface area contributed by atoms with Gasteiger partial charge in [0.15, 0.2) is 0 Å². The van der Waals surface area contributed by atoms with Crippen LogP contribution in [0, 0.1) is 0 Å². The highest BCUT2D eigenvalue weighted by Crippen LogP contribution is 2.30. The van der Waals surface area contributed by atoms with Gasteiger partial charge in [-0.3, -0.25) is 0 Å². The van der Waals surface area contributed by atoms with E-state index in [-0.39, 0.29) is 12.4 Å². The van der Waals surface area contributed by atoms with E-state index in [0.717, 1.165) is 43.3 Å². The third-order valence-electron chi connectivity index (χ3n) is 3.05. The van der Waals surface area contributed by atoms with Crippen molar-refractivity contribution in [3.8, 4) is 5.75 Å². The molecule has 17 heavy (non-hydrogen) atoms. The number of methoxy groups -OCH3 is 1. The van der Waals surface area contributed by atoms with E-state index in [1.165, 1.54) is 0 Å². The Hall–Kier alpha value is -1.13. The van der Waals surface area contributed by atoms with Crippen LogP contribution in [0.4, 0.5) is 11.4 Å². The Morgan fingerprint density at radius 3 is 2.41 bits per heavy atom. The van der Waals surface area contributed by atoms with Crippen molar-refractivity contribution in [2.24, 2.45) is 0 Å². The second kappa shape index (κ2) is 5.98. The van der Waals surface area contributed by atoms with Gasteiger partial charge in [0.1, 0.15) is 5.75 Å². The second-order valence-corrected chi connectivity index (χ2v) is 4.22. The molecule has 1 aromatic rings. The number of nitrogen functional groups attached to an aromatic ring is 1. The molecule has 0 amide bonds. The third kappa shape index (κ3) is 3.17. The summed E-state index contributed by atoms with van der Waals surface area (Å²) in [6, 6.07) is 5.85. The molecule has 2 N–H and O–H groups in total. The molecule has 0 spiro atoms. The van der Waals surface area contributed by atoms with Gasteiger partial charge in [-0.2, -0.15) is 0 Å². The molecule has 1 aliphatic heterocycles. The third-order valence-corrected chi connectivity index (χ3v) is 3.05. The summed E-state index contributed by atoms with van der Waals surface area (Å²) in [5, 5.41) is 0. The first-order chi connectivity index (χ1) is 7.70. The number of hydrogen-bond acceptors (Lipinski definition) is 4. The molecule has 4 nitrogen and oxygen atoms in total. The van der Waals surface area contributed by atoms with Crippen LogP contribution in [-0.4, -0.2) is 45.2 Å². The Morgan fingerprint density at radius 1 is 1.18 bits per heavy atom. The predicted molar refractivity (Wildman–Crippen MR) is 74.4 cm³/mol. The molecule has 1 aliphatic rings. The lowest BCUT2D eigenvalue weighted by Crippen LogP contribution is -2.44. The quantitative estimate of drug-likeness (QED) is 0.815. The van der Waals surface area contributed by atoms with Gasteiger partial charge in [-0.05, 0) is 19.2 Å². The number of nitrogens with two attached hydrogens (primary N) is 1. The van der Waals surface area contributed by atoms with Crippen LogP contribution in [-0.2, 0) is 0 Å². The zero-order valence-corrected chi connectivity index (χ0v) is 11.2.